The fraction of sp³-hybridized carbons (Fsp3) is 0.350. The van der Waals surface area contributed by atoms with Gasteiger partial charge in [-0.25, -0.2) is 0 Å². The molecule has 1 aliphatic rings. The van der Waals surface area contributed by atoms with Gasteiger partial charge in [-0.2, -0.15) is 0 Å². The summed E-state index contributed by atoms with van der Waals surface area (Å²) in [4.78, 5) is 4.40. The van der Waals surface area contributed by atoms with Gasteiger partial charge in [-0.1, -0.05) is 67.0 Å². The van der Waals surface area contributed by atoms with Crippen molar-refractivity contribution in [1.29, 1.82) is 0 Å². The van der Waals surface area contributed by atoms with Crippen molar-refractivity contribution in [3.05, 3.63) is 57.6 Å². The molecule has 0 radical (unpaired) electrons. The normalized spacial score (nSPS) is 22.5. The van der Waals surface area contributed by atoms with Gasteiger partial charge < -0.3 is 0 Å². The Bertz CT molecular complexity index is 836. The van der Waals surface area contributed by atoms with Crippen molar-refractivity contribution in [2.75, 3.05) is 0 Å². The molecule has 0 aromatic heterocycles. The molecule has 2 heteroatoms. The summed E-state index contributed by atoms with van der Waals surface area (Å²) in [7, 11) is 0. The molecule has 0 saturated carbocycles. The average Bonchev–Trinajstić information content (AvgIpc) is 2.48. The lowest BCUT2D eigenvalue weighted by Gasteiger charge is -2.30. The van der Waals surface area contributed by atoms with Crippen LogP contribution in [0.1, 0.15) is 40.2 Å². The van der Waals surface area contributed by atoms with Crippen molar-refractivity contribution in [2.45, 2.75) is 40.1 Å². The van der Waals surface area contributed by atoms with Crippen molar-refractivity contribution < 1.29 is 2.74 Å². The highest BCUT2D eigenvalue weighted by Gasteiger charge is 2.27. The van der Waals surface area contributed by atoms with Gasteiger partial charge in [0.1, 0.15) is 0 Å². The maximum absolute atomic E-state index is 8.77. The Balaban J connectivity index is 2.12. The molecule has 0 spiro atoms. The van der Waals surface area contributed by atoms with Crippen LogP contribution in [-0.4, -0.2) is 12.2 Å². The van der Waals surface area contributed by atoms with E-state index in [4.69, 9.17) is 2.74 Å². The molecule has 1 atom stereocenters. The van der Waals surface area contributed by atoms with E-state index >= 15 is 0 Å². The second-order valence-corrected chi connectivity index (χ2v) is 7.74. The van der Waals surface area contributed by atoms with Crippen molar-refractivity contribution in [2.24, 2.45) is 10.4 Å². The summed E-state index contributed by atoms with van der Waals surface area (Å²) in [6, 6.07) is 11.3. The van der Waals surface area contributed by atoms with Crippen LogP contribution in [0, 0.1) is 12.3 Å². The highest BCUT2D eigenvalue weighted by atomic mass is 79.9. The van der Waals surface area contributed by atoms with Crippen molar-refractivity contribution >= 4 is 22.1 Å². The van der Waals surface area contributed by atoms with Gasteiger partial charge in [-0.05, 0) is 52.6 Å². The highest BCUT2D eigenvalue weighted by Crippen LogP contribution is 2.33. The molecule has 0 aliphatic carbocycles. The van der Waals surface area contributed by atoms with Gasteiger partial charge in [0.05, 0.1) is 8.76 Å². The maximum atomic E-state index is 8.77. The molecule has 0 bridgehead atoms. The molecular weight excluding hydrogens is 334 g/mol. The molecule has 0 saturated heterocycles. The zero-order valence-corrected chi connectivity index (χ0v) is 15.1. The van der Waals surface area contributed by atoms with Gasteiger partial charge in [-0.15, -0.1) is 0 Å². The first kappa shape index (κ1) is 13.1. The molecule has 0 fully saturated rings. The predicted octanol–water partition coefficient (Wildman–Crippen LogP) is 5.81. The number of aliphatic imine (C=N–C) groups is 1. The van der Waals surface area contributed by atoms with Gasteiger partial charge in [0.2, 0.25) is 0 Å². The summed E-state index contributed by atoms with van der Waals surface area (Å²) in [6.07, 6.45) is 0.758. The van der Waals surface area contributed by atoms with Crippen molar-refractivity contribution in [1.82, 2.24) is 0 Å². The molecule has 1 aliphatic heterocycles. The lowest BCUT2D eigenvalue weighted by atomic mass is 9.80. The minimum absolute atomic E-state index is 0.221. The van der Waals surface area contributed by atoms with E-state index in [1.54, 1.807) is 0 Å². The first-order chi connectivity index (χ1) is 11.1. The van der Waals surface area contributed by atoms with Gasteiger partial charge in [-0.3, -0.25) is 4.99 Å². The molecule has 114 valence electrons. The van der Waals surface area contributed by atoms with E-state index in [-0.39, 0.29) is 11.6 Å². The molecule has 2 aromatic carbocycles. The van der Waals surface area contributed by atoms with Crippen LogP contribution >= 0.6 is 15.9 Å². The monoisotopic (exact) mass is 357 g/mol. The maximum Gasteiger partial charge on any atom is 0.0842 e. The molecule has 3 rings (SSSR count). The second kappa shape index (κ2) is 5.66. The average molecular weight is 358 g/mol. The molecular formula is C20H22BrN. The van der Waals surface area contributed by atoms with E-state index in [2.05, 4.69) is 40.0 Å². The number of nitrogens with zero attached hydrogens (tertiary/aromatic N) is 1. The topological polar surface area (TPSA) is 12.4 Å². The molecule has 1 unspecified atom stereocenters. The van der Waals surface area contributed by atoms with Crippen LogP contribution in [-0.2, 0) is 6.42 Å². The Morgan fingerprint density at radius 2 is 2.05 bits per heavy atom. The number of benzene rings is 2. The third-order valence-corrected chi connectivity index (χ3v) is 5.08. The fourth-order valence-corrected chi connectivity index (χ4v) is 3.08. The molecule has 22 heavy (non-hydrogen) atoms. The van der Waals surface area contributed by atoms with Gasteiger partial charge in [0, 0.05) is 10.7 Å². The molecule has 0 N–H and O–H groups in total. The fourth-order valence-electron chi connectivity index (χ4n) is 2.72. The SMILES string of the molecule is [2H]C1=NC([2H])(C(C)(C)C)Cc2cc(-c3cccc(Br)c3C)ccc21. The van der Waals surface area contributed by atoms with Gasteiger partial charge >= 0.3 is 0 Å². The Kier molecular flexibility index (Phi) is 3.36. The molecule has 2 aromatic rings. The van der Waals surface area contributed by atoms with E-state index in [0.717, 1.165) is 21.2 Å². The summed E-state index contributed by atoms with van der Waals surface area (Å²) >= 11 is 3.59. The second-order valence-electron chi connectivity index (χ2n) is 6.88. The third-order valence-electron chi connectivity index (χ3n) is 4.22. The zero-order chi connectivity index (χ0) is 17.7. The first-order valence-electron chi connectivity index (χ1n) is 8.58. The van der Waals surface area contributed by atoms with Crippen LogP contribution in [0.15, 0.2) is 45.9 Å². The van der Waals surface area contributed by atoms with E-state index in [1.807, 2.05) is 45.0 Å². The summed E-state index contributed by atoms with van der Waals surface area (Å²) < 4.78 is 18.1. The smallest absolute Gasteiger partial charge is 0.0842 e. The number of fused-ring (bicyclic) bond motifs is 1. The summed E-state index contributed by atoms with van der Waals surface area (Å²) in [5, 5.41) is 0. The van der Waals surface area contributed by atoms with Crippen LogP contribution in [0.4, 0.5) is 0 Å². The standard InChI is InChI=1S/C20H22BrN/c1-13-17(6-5-7-18(13)21)14-8-9-15-12-22-19(20(2,3)4)11-16(15)10-14/h5-10,12,19H,11H2,1-4H3/i12D,19D. The number of hydrogen-bond acceptors (Lipinski definition) is 1. The van der Waals surface area contributed by atoms with E-state index < -0.39 is 6.02 Å². The van der Waals surface area contributed by atoms with Gasteiger partial charge in [0.15, 0.2) is 0 Å². The lowest BCUT2D eigenvalue weighted by Crippen LogP contribution is -2.29. The Morgan fingerprint density at radius 1 is 1.27 bits per heavy atom. The van der Waals surface area contributed by atoms with Crippen LogP contribution in [0.2, 0.25) is 0 Å². The number of rotatable bonds is 1. The van der Waals surface area contributed by atoms with Crippen molar-refractivity contribution in [3.8, 4) is 11.1 Å². The summed E-state index contributed by atoms with van der Waals surface area (Å²) in [6.45, 7) is 8.15. The minimum Gasteiger partial charge on any atom is -0.288 e. The Morgan fingerprint density at radius 3 is 2.77 bits per heavy atom. The lowest BCUT2D eigenvalue weighted by molar-refractivity contribution is 0.319. The Hall–Kier alpha value is -1.41. The third kappa shape index (κ3) is 2.89. The zero-order valence-electron chi connectivity index (χ0n) is 15.5. The van der Waals surface area contributed by atoms with Crippen LogP contribution in [0.5, 0.6) is 0 Å². The van der Waals surface area contributed by atoms with Crippen LogP contribution < -0.4 is 0 Å². The van der Waals surface area contributed by atoms with E-state index in [1.165, 1.54) is 11.1 Å². The minimum atomic E-state index is -0.998. The highest BCUT2D eigenvalue weighted by molar-refractivity contribution is 9.10. The first-order valence-corrected chi connectivity index (χ1v) is 8.37. The van der Waals surface area contributed by atoms with Crippen LogP contribution in [0.3, 0.4) is 0 Å². The number of hydrogen-bond donors (Lipinski definition) is 0. The Labute approximate surface area is 144 Å². The summed E-state index contributed by atoms with van der Waals surface area (Å²) in [5.74, 6) is 0. The summed E-state index contributed by atoms with van der Waals surface area (Å²) in [5.41, 5.74) is 5.06. The van der Waals surface area contributed by atoms with E-state index in [9.17, 15) is 0 Å². The van der Waals surface area contributed by atoms with Crippen LogP contribution in [0.25, 0.3) is 11.1 Å². The predicted molar refractivity (Wildman–Crippen MR) is 98.9 cm³/mol. The number of halogens is 1. The van der Waals surface area contributed by atoms with E-state index in [0.29, 0.717) is 6.42 Å². The van der Waals surface area contributed by atoms with Crippen molar-refractivity contribution in [3.63, 3.8) is 0 Å². The molecule has 1 heterocycles. The largest absolute Gasteiger partial charge is 0.288 e. The molecule has 0 amide bonds. The quantitative estimate of drug-likeness (QED) is 0.610. The molecule has 1 nitrogen and oxygen atoms in total. The van der Waals surface area contributed by atoms with Gasteiger partial charge in [0.25, 0.3) is 0 Å².